The highest BCUT2D eigenvalue weighted by atomic mass is 15.3. The van der Waals surface area contributed by atoms with Crippen LogP contribution in [0.1, 0.15) is 6.42 Å². The molecule has 132 valence electrons. The molecule has 1 aliphatic rings. The van der Waals surface area contributed by atoms with E-state index in [2.05, 4.69) is 26.8 Å². The average Bonchev–Trinajstić information content (AvgIpc) is 2.92. The van der Waals surface area contributed by atoms with E-state index in [9.17, 15) is 0 Å². The fourth-order valence-electron chi connectivity index (χ4n) is 3.72. The smallest absolute Gasteiger partial charge is 0.167 e. The maximum atomic E-state index is 6.24. The van der Waals surface area contributed by atoms with Crippen molar-refractivity contribution in [3.05, 3.63) is 36.5 Å². The largest absolute Gasteiger partial charge is 0.396 e. The highest BCUT2D eigenvalue weighted by molar-refractivity contribution is 5.92. The first-order valence-electron chi connectivity index (χ1n) is 8.96. The van der Waals surface area contributed by atoms with E-state index in [1.165, 1.54) is 0 Å². The van der Waals surface area contributed by atoms with Gasteiger partial charge >= 0.3 is 0 Å². The molecule has 26 heavy (non-hydrogen) atoms. The summed E-state index contributed by atoms with van der Waals surface area (Å²) in [7, 11) is 2.17. The first-order valence-corrected chi connectivity index (χ1v) is 8.96. The number of aromatic nitrogens is 4. The normalized spacial score (nSPS) is 16.6. The summed E-state index contributed by atoms with van der Waals surface area (Å²) in [6, 6.07) is 9.90. The van der Waals surface area contributed by atoms with Crippen LogP contribution in [0.4, 0.5) is 11.5 Å². The number of nitrogen functional groups attached to an aromatic ring is 1. The molecule has 1 aliphatic heterocycles. The number of hydrogen-bond donors (Lipinski definition) is 1. The zero-order chi connectivity index (χ0) is 17.7. The number of pyridine rings is 1. The Labute approximate surface area is 151 Å². The highest BCUT2D eigenvalue weighted by Gasteiger charge is 2.17. The molecule has 4 aromatic rings. The second kappa shape index (κ2) is 5.81. The van der Waals surface area contributed by atoms with Gasteiger partial charge in [0.05, 0.1) is 22.9 Å². The highest BCUT2D eigenvalue weighted by Crippen LogP contribution is 2.27. The molecule has 1 aromatic carbocycles. The van der Waals surface area contributed by atoms with E-state index >= 15 is 0 Å². The van der Waals surface area contributed by atoms with Gasteiger partial charge in [-0.15, -0.1) is 0 Å². The standard InChI is InChI=1S/C19H21N7/c1-24-7-4-8-25(10-9-24)17-12-21-15-11-13(20)18-22-14-5-2-3-6-16(14)26(18)19(15)23-17/h2-3,5-6,11-12H,4,7-10,20H2,1H3. The fraction of sp³-hybridized carbons (Fsp3) is 0.316. The molecule has 5 rings (SSSR count). The van der Waals surface area contributed by atoms with Crippen molar-refractivity contribution in [2.45, 2.75) is 6.42 Å². The van der Waals surface area contributed by atoms with Gasteiger partial charge in [-0.25, -0.2) is 15.0 Å². The van der Waals surface area contributed by atoms with Gasteiger partial charge in [0.15, 0.2) is 11.3 Å². The first-order chi connectivity index (χ1) is 12.7. The number of rotatable bonds is 1. The zero-order valence-electron chi connectivity index (χ0n) is 14.8. The van der Waals surface area contributed by atoms with Crippen LogP contribution in [0.25, 0.3) is 27.8 Å². The summed E-state index contributed by atoms with van der Waals surface area (Å²) < 4.78 is 2.03. The molecule has 0 amide bonds. The van der Waals surface area contributed by atoms with Gasteiger partial charge in [0, 0.05) is 19.6 Å². The minimum Gasteiger partial charge on any atom is -0.396 e. The van der Waals surface area contributed by atoms with Crippen LogP contribution < -0.4 is 10.6 Å². The summed E-state index contributed by atoms with van der Waals surface area (Å²) in [6.07, 6.45) is 2.99. The molecule has 1 saturated heterocycles. The summed E-state index contributed by atoms with van der Waals surface area (Å²) >= 11 is 0. The SMILES string of the molecule is CN1CCCN(c2cnc3cc(N)c4nc5ccccc5n4c3n2)CC1. The number of benzene rings is 1. The number of nitrogens with two attached hydrogens (primary N) is 1. The molecule has 0 spiro atoms. The van der Waals surface area contributed by atoms with Gasteiger partial charge in [0.2, 0.25) is 0 Å². The molecule has 4 heterocycles. The molecule has 0 saturated carbocycles. The van der Waals surface area contributed by atoms with E-state index in [1.807, 2.05) is 40.9 Å². The number of likely N-dealkylation sites (N-methyl/N-ethyl adjacent to an activating group) is 1. The summed E-state index contributed by atoms with van der Waals surface area (Å²) in [5, 5.41) is 0. The summed E-state index contributed by atoms with van der Waals surface area (Å²) in [6.45, 7) is 4.10. The number of imidazole rings is 1. The minimum atomic E-state index is 0.618. The Bertz CT molecular complexity index is 1120. The van der Waals surface area contributed by atoms with Gasteiger partial charge in [-0.3, -0.25) is 4.40 Å². The van der Waals surface area contributed by atoms with Gasteiger partial charge < -0.3 is 15.5 Å². The lowest BCUT2D eigenvalue weighted by atomic mass is 10.3. The van der Waals surface area contributed by atoms with Crippen LogP contribution in [0.15, 0.2) is 36.5 Å². The first kappa shape index (κ1) is 15.3. The third kappa shape index (κ3) is 2.35. The van der Waals surface area contributed by atoms with Crippen molar-refractivity contribution < 1.29 is 0 Å². The molecule has 0 atom stereocenters. The Kier molecular flexibility index (Phi) is 3.43. The van der Waals surface area contributed by atoms with Gasteiger partial charge in [0.25, 0.3) is 0 Å². The van der Waals surface area contributed by atoms with E-state index in [-0.39, 0.29) is 0 Å². The monoisotopic (exact) mass is 347 g/mol. The van der Waals surface area contributed by atoms with Crippen LogP contribution in [0.5, 0.6) is 0 Å². The van der Waals surface area contributed by atoms with E-state index in [1.54, 1.807) is 0 Å². The molecule has 0 radical (unpaired) electrons. The lowest BCUT2D eigenvalue weighted by Gasteiger charge is -2.21. The average molecular weight is 347 g/mol. The lowest BCUT2D eigenvalue weighted by molar-refractivity contribution is 0.360. The third-order valence-corrected chi connectivity index (χ3v) is 5.14. The van der Waals surface area contributed by atoms with Gasteiger partial charge in [-0.05, 0) is 38.2 Å². The molecule has 7 nitrogen and oxygen atoms in total. The predicted octanol–water partition coefficient (Wildman–Crippen LogP) is 2.15. The fourth-order valence-corrected chi connectivity index (χ4v) is 3.72. The molecule has 0 unspecified atom stereocenters. The topological polar surface area (TPSA) is 75.6 Å². The molecule has 2 N–H and O–H groups in total. The maximum Gasteiger partial charge on any atom is 0.167 e. The molecule has 1 fully saturated rings. The Balaban J connectivity index is 1.74. The Morgan fingerprint density at radius 2 is 1.85 bits per heavy atom. The van der Waals surface area contributed by atoms with Gasteiger partial charge in [-0.2, -0.15) is 0 Å². The molecular formula is C19H21N7. The molecule has 0 aliphatic carbocycles. The second-order valence-electron chi connectivity index (χ2n) is 6.94. The second-order valence-corrected chi connectivity index (χ2v) is 6.94. The predicted molar refractivity (Wildman–Crippen MR) is 105 cm³/mol. The van der Waals surface area contributed by atoms with E-state index in [0.717, 1.165) is 66.3 Å². The van der Waals surface area contributed by atoms with E-state index in [0.29, 0.717) is 5.69 Å². The Morgan fingerprint density at radius 1 is 0.962 bits per heavy atom. The van der Waals surface area contributed by atoms with Crippen LogP contribution in [-0.4, -0.2) is 57.5 Å². The van der Waals surface area contributed by atoms with Crippen LogP contribution in [0.3, 0.4) is 0 Å². The number of fused-ring (bicyclic) bond motifs is 5. The van der Waals surface area contributed by atoms with Crippen LogP contribution in [0, 0.1) is 0 Å². The third-order valence-electron chi connectivity index (χ3n) is 5.14. The van der Waals surface area contributed by atoms with Crippen molar-refractivity contribution in [3.8, 4) is 0 Å². The van der Waals surface area contributed by atoms with Crippen LogP contribution in [0.2, 0.25) is 0 Å². The molecule has 3 aromatic heterocycles. The quantitative estimate of drug-likeness (QED) is 0.569. The number of nitrogens with zero attached hydrogens (tertiary/aromatic N) is 6. The number of para-hydroxylation sites is 2. The summed E-state index contributed by atoms with van der Waals surface area (Å²) in [4.78, 5) is 19.0. The maximum absolute atomic E-state index is 6.24. The van der Waals surface area contributed by atoms with Crippen molar-refractivity contribution >= 4 is 39.3 Å². The number of anilines is 2. The Morgan fingerprint density at radius 3 is 2.77 bits per heavy atom. The minimum absolute atomic E-state index is 0.618. The number of hydrogen-bond acceptors (Lipinski definition) is 6. The van der Waals surface area contributed by atoms with Crippen molar-refractivity contribution in [2.75, 3.05) is 43.9 Å². The van der Waals surface area contributed by atoms with Crippen molar-refractivity contribution in [2.24, 2.45) is 0 Å². The van der Waals surface area contributed by atoms with E-state index in [4.69, 9.17) is 10.7 Å². The van der Waals surface area contributed by atoms with Crippen LogP contribution >= 0.6 is 0 Å². The Hall–Kier alpha value is -2.93. The summed E-state index contributed by atoms with van der Waals surface area (Å²) in [5.41, 5.74) is 11.1. The van der Waals surface area contributed by atoms with Gasteiger partial charge in [0.1, 0.15) is 11.3 Å². The van der Waals surface area contributed by atoms with Crippen molar-refractivity contribution in [3.63, 3.8) is 0 Å². The lowest BCUT2D eigenvalue weighted by Crippen LogP contribution is -2.29. The van der Waals surface area contributed by atoms with Crippen molar-refractivity contribution in [1.29, 1.82) is 0 Å². The summed E-state index contributed by atoms with van der Waals surface area (Å²) in [5.74, 6) is 0.914. The van der Waals surface area contributed by atoms with Crippen molar-refractivity contribution in [1.82, 2.24) is 24.3 Å². The molecule has 7 heteroatoms. The zero-order valence-corrected chi connectivity index (χ0v) is 14.8. The van der Waals surface area contributed by atoms with Gasteiger partial charge in [-0.1, -0.05) is 12.1 Å². The van der Waals surface area contributed by atoms with E-state index < -0.39 is 0 Å². The molecule has 0 bridgehead atoms. The molecular weight excluding hydrogens is 326 g/mol. The van der Waals surface area contributed by atoms with Crippen LogP contribution in [-0.2, 0) is 0 Å².